The molecule has 5 nitrogen and oxygen atoms in total. The van der Waals surface area contributed by atoms with Crippen LogP contribution in [0.3, 0.4) is 0 Å². The van der Waals surface area contributed by atoms with E-state index in [9.17, 15) is 0 Å². The lowest BCUT2D eigenvalue weighted by Gasteiger charge is -2.21. The van der Waals surface area contributed by atoms with Gasteiger partial charge in [0.25, 0.3) is 0 Å². The fourth-order valence-electron chi connectivity index (χ4n) is 0.894. The largest absolute Gasteiger partial charge is 0.394 e. The number of rotatable bonds is 8. The minimum Gasteiger partial charge on any atom is -0.394 e. The number of aliphatic hydroxyl groups is 1. The van der Waals surface area contributed by atoms with Gasteiger partial charge in [0.1, 0.15) is 0 Å². The van der Waals surface area contributed by atoms with Crippen LogP contribution in [0.1, 0.15) is 0 Å². The molecule has 0 saturated heterocycles. The topological polar surface area (TPSA) is 73.9 Å². The van der Waals surface area contributed by atoms with Crippen LogP contribution in [0.4, 0.5) is 0 Å². The van der Waals surface area contributed by atoms with Gasteiger partial charge in [-0.3, -0.25) is 0 Å². The Labute approximate surface area is 78.8 Å². The van der Waals surface area contributed by atoms with E-state index in [1.165, 1.54) is 0 Å². The molecule has 0 aromatic carbocycles. The molecule has 0 saturated carbocycles. The van der Waals surface area contributed by atoms with Gasteiger partial charge in [0.2, 0.25) is 0 Å². The molecule has 0 aromatic rings. The lowest BCUT2D eigenvalue weighted by Crippen LogP contribution is -2.43. The first-order valence-electron chi connectivity index (χ1n) is 4.22. The average molecular weight is 193 g/mol. The van der Waals surface area contributed by atoms with Crippen LogP contribution in [-0.4, -0.2) is 57.9 Å². The molecule has 0 aliphatic carbocycles. The van der Waals surface area contributed by atoms with E-state index in [0.29, 0.717) is 19.8 Å². The van der Waals surface area contributed by atoms with Crippen LogP contribution in [0.2, 0.25) is 0 Å². The first-order chi connectivity index (χ1) is 6.26. The van der Waals surface area contributed by atoms with Crippen molar-refractivity contribution in [3.05, 3.63) is 0 Å². The number of aliphatic hydroxyl groups excluding tert-OH is 1. The molecule has 0 aliphatic rings. The molecule has 0 bridgehead atoms. The van der Waals surface area contributed by atoms with E-state index in [1.807, 2.05) is 0 Å². The summed E-state index contributed by atoms with van der Waals surface area (Å²) in [7, 11) is 3.15. The zero-order valence-electron chi connectivity index (χ0n) is 8.23. The molecule has 0 aromatic heterocycles. The molecule has 2 atom stereocenters. The number of nitrogens with two attached hydrogens (primary N) is 1. The van der Waals surface area contributed by atoms with Crippen molar-refractivity contribution in [1.82, 2.24) is 0 Å². The van der Waals surface area contributed by atoms with Crippen molar-refractivity contribution in [3.8, 4) is 0 Å². The van der Waals surface area contributed by atoms with Gasteiger partial charge >= 0.3 is 0 Å². The van der Waals surface area contributed by atoms with Crippen LogP contribution in [0.15, 0.2) is 0 Å². The third-order valence-electron chi connectivity index (χ3n) is 1.64. The lowest BCUT2D eigenvalue weighted by molar-refractivity contribution is -0.0346. The molecule has 13 heavy (non-hydrogen) atoms. The second kappa shape index (κ2) is 8.40. The Morgan fingerprint density at radius 1 is 1.23 bits per heavy atom. The Bertz CT molecular complexity index is 112. The SMILES string of the molecule is COCCOC(CO)C(N)COC. The Hall–Kier alpha value is -0.200. The second-order valence-electron chi connectivity index (χ2n) is 2.70. The van der Waals surface area contributed by atoms with Crippen molar-refractivity contribution < 1.29 is 19.3 Å². The third-order valence-corrected chi connectivity index (χ3v) is 1.64. The lowest BCUT2D eigenvalue weighted by atomic mass is 10.2. The van der Waals surface area contributed by atoms with E-state index in [-0.39, 0.29) is 18.8 Å². The molecule has 80 valence electrons. The van der Waals surface area contributed by atoms with Gasteiger partial charge in [0, 0.05) is 14.2 Å². The molecule has 0 amide bonds. The van der Waals surface area contributed by atoms with E-state index in [0.717, 1.165) is 0 Å². The van der Waals surface area contributed by atoms with Gasteiger partial charge in [-0.15, -0.1) is 0 Å². The fraction of sp³-hybridized carbons (Fsp3) is 1.00. The summed E-state index contributed by atoms with van der Waals surface area (Å²) in [6.45, 7) is 1.20. The molecule has 0 heterocycles. The van der Waals surface area contributed by atoms with Gasteiger partial charge in [0.05, 0.1) is 38.6 Å². The normalized spacial score (nSPS) is 15.7. The van der Waals surface area contributed by atoms with E-state index in [2.05, 4.69) is 0 Å². The molecular formula is C8H19NO4. The Morgan fingerprint density at radius 3 is 2.38 bits per heavy atom. The highest BCUT2D eigenvalue weighted by molar-refractivity contribution is 4.71. The van der Waals surface area contributed by atoms with Gasteiger partial charge in [-0.1, -0.05) is 0 Å². The fourth-order valence-corrected chi connectivity index (χ4v) is 0.894. The van der Waals surface area contributed by atoms with Gasteiger partial charge in [-0.05, 0) is 0 Å². The van der Waals surface area contributed by atoms with E-state index >= 15 is 0 Å². The summed E-state index contributed by atoms with van der Waals surface area (Å²) in [6, 6.07) is -0.299. The summed E-state index contributed by atoms with van der Waals surface area (Å²) in [4.78, 5) is 0. The quantitative estimate of drug-likeness (QED) is 0.483. The zero-order valence-corrected chi connectivity index (χ0v) is 8.23. The summed E-state index contributed by atoms with van der Waals surface area (Å²) >= 11 is 0. The van der Waals surface area contributed by atoms with Crippen LogP contribution in [0, 0.1) is 0 Å². The predicted octanol–water partition coefficient (Wildman–Crippen LogP) is -1.02. The standard InChI is InChI=1S/C8H19NO4/c1-11-3-4-13-8(5-10)7(9)6-12-2/h7-8,10H,3-6,9H2,1-2H3. The molecule has 2 unspecified atom stereocenters. The first kappa shape index (κ1) is 12.8. The van der Waals surface area contributed by atoms with Gasteiger partial charge in [-0.2, -0.15) is 0 Å². The second-order valence-corrected chi connectivity index (χ2v) is 2.70. The van der Waals surface area contributed by atoms with E-state index < -0.39 is 0 Å². The Kier molecular flexibility index (Phi) is 8.27. The van der Waals surface area contributed by atoms with Crippen LogP contribution >= 0.6 is 0 Å². The van der Waals surface area contributed by atoms with Crippen LogP contribution in [-0.2, 0) is 14.2 Å². The number of ether oxygens (including phenoxy) is 3. The van der Waals surface area contributed by atoms with Gasteiger partial charge < -0.3 is 25.1 Å². The maximum atomic E-state index is 8.92. The van der Waals surface area contributed by atoms with Crippen molar-refractivity contribution in [2.24, 2.45) is 5.73 Å². The zero-order chi connectivity index (χ0) is 10.1. The third kappa shape index (κ3) is 5.95. The summed E-state index contributed by atoms with van der Waals surface area (Å²) in [6.07, 6.45) is -0.380. The molecule has 0 spiro atoms. The smallest absolute Gasteiger partial charge is 0.0979 e. The summed E-state index contributed by atoms with van der Waals surface area (Å²) in [5, 5.41) is 8.92. The summed E-state index contributed by atoms with van der Waals surface area (Å²) < 4.78 is 14.9. The van der Waals surface area contributed by atoms with Crippen molar-refractivity contribution in [2.75, 3.05) is 40.6 Å². The first-order valence-corrected chi connectivity index (χ1v) is 4.22. The van der Waals surface area contributed by atoms with E-state index in [4.69, 9.17) is 25.1 Å². The van der Waals surface area contributed by atoms with Gasteiger partial charge in [0.15, 0.2) is 0 Å². The minimum absolute atomic E-state index is 0.103. The summed E-state index contributed by atoms with van der Waals surface area (Å²) in [5.41, 5.74) is 5.67. The molecule has 3 N–H and O–H groups in total. The van der Waals surface area contributed by atoms with Gasteiger partial charge in [-0.25, -0.2) is 0 Å². The number of methoxy groups -OCH3 is 2. The number of hydrogen-bond donors (Lipinski definition) is 2. The van der Waals surface area contributed by atoms with Crippen LogP contribution in [0.5, 0.6) is 0 Å². The predicted molar refractivity (Wildman–Crippen MR) is 48.6 cm³/mol. The summed E-state index contributed by atoms with van der Waals surface area (Å²) in [5.74, 6) is 0. The Balaban J connectivity index is 3.60. The maximum Gasteiger partial charge on any atom is 0.0979 e. The highest BCUT2D eigenvalue weighted by atomic mass is 16.5. The van der Waals surface area contributed by atoms with E-state index in [1.54, 1.807) is 14.2 Å². The van der Waals surface area contributed by atoms with Crippen molar-refractivity contribution >= 4 is 0 Å². The van der Waals surface area contributed by atoms with Crippen LogP contribution in [0.25, 0.3) is 0 Å². The molecule has 5 heteroatoms. The van der Waals surface area contributed by atoms with Crippen molar-refractivity contribution in [2.45, 2.75) is 12.1 Å². The van der Waals surface area contributed by atoms with Crippen LogP contribution < -0.4 is 5.73 Å². The highest BCUT2D eigenvalue weighted by Crippen LogP contribution is 1.97. The average Bonchev–Trinajstić information content (AvgIpc) is 2.13. The maximum absolute atomic E-state index is 8.92. The molecule has 0 fully saturated rings. The molecular weight excluding hydrogens is 174 g/mol. The van der Waals surface area contributed by atoms with Crippen molar-refractivity contribution in [1.29, 1.82) is 0 Å². The number of hydrogen-bond acceptors (Lipinski definition) is 5. The van der Waals surface area contributed by atoms with Crippen molar-refractivity contribution in [3.63, 3.8) is 0 Å². The molecule has 0 aliphatic heterocycles. The molecule has 0 radical (unpaired) electrons. The Morgan fingerprint density at radius 2 is 1.92 bits per heavy atom. The monoisotopic (exact) mass is 193 g/mol. The molecule has 0 rings (SSSR count). The minimum atomic E-state index is -0.380. The highest BCUT2D eigenvalue weighted by Gasteiger charge is 2.16.